The van der Waals surface area contributed by atoms with Gasteiger partial charge in [0.2, 0.25) is 5.16 Å². The summed E-state index contributed by atoms with van der Waals surface area (Å²) < 4.78 is 1.90. The number of hydrogen-bond donors (Lipinski definition) is 1. The smallest absolute Gasteiger partial charge is 0.215 e. The summed E-state index contributed by atoms with van der Waals surface area (Å²) >= 11 is 1.51. The van der Waals surface area contributed by atoms with Crippen molar-refractivity contribution in [2.75, 3.05) is 11.9 Å². The van der Waals surface area contributed by atoms with Crippen molar-refractivity contribution >= 4 is 17.6 Å². The number of rotatable bonds is 5. The summed E-state index contributed by atoms with van der Waals surface area (Å²) in [5, 5.41) is 16.9. The van der Waals surface area contributed by atoms with Gasteiger partial charge in [0.15, 0.2) is 0 Å². The number of nitrogens with one attached hydrogen (secondary N) is 1. The summed E-state index contributed by atoms with van der Waals surface area (Å²) in [6.45, 7) is 6.80. The Morgan fingerprint density at radius 2 is 2.10 bits per heavy atom. The molecule has 0 spiro atoms. The number of aromatic nitrogens is 6. The van der Waals surface area contributed by atoms with E-state index in [0.717, 1.165) is 46.8 Å². The average molecular weight is 291 g/mol. The van der Waals surface area contributed by atoms with Crippen LogP contribution in [0.1, 0.15) is 37.2 Å². The van der Waals surface area contributed by atoms with Gasteiger partial charge in [-0.3, -0.25) is 0 Å². The van der Waals surface area contributed by atoms with Crippen molar-refractivity contribution in [2.45, 2.75) is 49.8 Å². The third kappa shape index (κ3) is 2.60. The van der Waals surface area contributed by atoms with Crippen molar-refractivity contribution < 1.29 is 0 Å². The first-order valence-electron chi connectivity index (χ1n) is 6.74. The summed E-state index contributed by atoms with van der Waals surface area (Å²) in [5.41, 5.74) is 1.03. The molecule has 3 rings (SSSR count). The Labute approximate surface area is 121 Å². The Kier molecular flexibility index (Phi) is 3.56. The van der Waals surface area contributed by atoms with Crippen molar-refractivity contribution in [2.24, 2.45) is 0 Å². The summed E-state index contributed by atoms with van der Waals surface area (Å²) in [6, 6.07) is 0.462. The summed E-state index contributed by atoms with van der Waals surface area (Å²) in [7, 11) is 0. The van der Waals surface area contributed by atoms with Gasteiger partial charge in [-0.25, -0.2) is 14.6 Å². The second-order valence-corrected chi connectivity index (χ2v) is 5.78. The highest BCUT2D eigenvalue weighted by Gasteiger charge is 2.28. The van der Waals surface area contributed by atoms with Gasteiger partial charge in [0.1, 0.15) is 16.7 Å². The summed E-state index contributed by atoms with van der Waals surface area (Å²) in [5.74, 6) is 1.63. The number of anilines is 1. The Bertz CT molecular complexity index is 620. The van der Waals surface area contributed by atoms with E-state index in [1.807, 2.05) is 18.5 Å². The highest BCUT2D eigenvalue weighted by atomic mass is 32.2. The van der Waals surface area contributed by atoms with Gasteiger partial charge in [0, 0.05) is 12.1 Å². The lowest BCUT2D eigenvalue weighted by Gasteiger charge is -2.11. The van der Waals surface area contributed by atoms with Crippen molar-refractivity contribution in [3.05, 3.63) is 11.4 Å². The van der Waals surface area contributed by atoms with Crippen LogP contribution in [0, 0.1) is 13.8 Å². The molecule has 0 aliphatic heterocycles. The maximum absolute atomic E-state index is 4.51. The van der Waals surface area contributed by atoms with E-state index in [1.54, 1.807) is 0 Å². The molecule has 1 aliphatic rings. The quantitative estimate of drug-likeness (QED) is 0.844. The highest BCUT2D eigenvalue weighted by Crippen LogP contribution is 2.38. The lowest BCUT2D eigenvalue weighted by Crippen LogP contribution is -2.06. The van der Waals surface area contributed by atoms with E-state index >= 15 is 0 Å². The van der Waals surface area contributed by atoms with E-state index in [-0.39, 0.29) is 0 Å². The third-order valence-electron chi connectivity index (χ3n) is 3.10. The van der Waals surface area contributed by atoms with Gasteiger partial charge in [0.05, 0.1) is 6.04 Å². The molecule has 0 atom stereocenters. The van der Waals surface area contributed by atoms with Crippen LogP contribution in [-0.4, -0.2) is 36.7 Å². The maximum Gasteiger partial charge on any atom is 0.215 e. The van der Waals surface area contributed by atoms with Crippen LogP contribution in [0.5, 0.6) is 0 Å². The van der Waals surface area contributed by atoms with E-state index in [9.17, 15) is 0 Å². The molecular formula is C12H17N7S. The molecule has 106 valence electrons. The lowest BCUT2D eigenvalue weighted by molar-refractivity contribution is 0.565. The van der Waals surface area contributed by atoms with Gasteiger partial charge >= 0.3 is 0 Å². The molecule has 2 aromatic rings. The van der Waals surface area contributed by atoms with E-state index in [2.05, 4.69) is 37.7 Å². The van der Waals surface area contributed by atoms with E-state index in [1.165, 1.54) is 11.8 Å². The zero-order chi connectivity index (χ0) is 14.1. The van der Waals surface area contributed by atoms with Crippen molar-refractivity contribution in [1.82, 2.24) is 30.2 Å². The molecule has 2 heterocycles. The van der Waals surface area contributed by atoms with Crippen molar-refractivity contribution in [3.63, 3.8) is 0 Å². The first-order valence-corrected chi connectivity index (χ1v) is 7.55. The molecule has 0 bridgehead atoms. The van der Waals surface area contributed by atoms with Crippen LogP contribution >= 0.6 is 11.8 Å². The van der Waals surface area contributed by atoms with Crippen LogP contribution in [0.15, 0.2) is 10.2 Å². The second-order valence-electron chi connectivity index (χ2n) is 4.82. The SMILES string of the molecule is CCNc1nc(C)nc(Sc2nnnn2C2CC2)c1C. The summed E-state index contributed by atoms with van der Waals surface area (Å²) in [4.78, 5) is 8.94. The largest absolute Gasteiger partial charge is 0.370 e. The first-order chi connectivity index (χ1) is 9.69. The molecule has 0 saturated heterocycles. The molecule has 20 heavy (non-hydrogen) atoms. The van der Waals surface area contributed by atoms with Crippen LogP contribution in [0.4, 0.5) is 5.82 Å². The average Bonchev–Trinajstić information content (AvgIpc) is 3.16. The van der Waals surface area contributed by atoms with Crippen LogP contribution in [0.3, 0.4) is 0 Å². The molecule has 0 amide bonds. The Morgan fingerprint density at radius 1 is 1.30 bits per heavy atom. The number of tetrazole rings is 1. The molecule has 0 radical (unpaired) electrons. The van der Waals surface area contributed by atoms with Crippen LogP contribution in [-0.2, 0) is 0 Å². The van der Waals surface area contributed by atoms with Crippen molar-refractivity contribution in [3.8, 4) is 0 Å². The Hall–Kier alpha value is -1.70. The monoisotopic (exact) mass is 291 g/mol. The molecular weight excluding hydrogens is 274 g/mol. The predicted octanol–water partition coefficient (Wildman–Crippen LogP) is 2.00. The molecule has 0 unspecified atom stereocenters. The zero-order valence-corrected chi connectivity index (χ0v) is 12.6. The Balaban J connectivity index is 1.91. The molecule has 1 aliphatic carbocycles. The van der Waals surface area contributed by atoms with Crippen LogP contribution in [0.2, 0.25) is 0 Å². The highest BCUT2D eigenvalue weighted by molar-refractivity contribution is 7.99. The fourth-order valence-electron chi connectivity index (χ4n) is 1.93. The molecule has 1 saturated carbocycles. The number of hydrogen-bond acceptors (Lipinski definition) is 7. The van der Waals surface area contributed by atoms with Gasteiger partial charge in [-0.1, -0.05) is 0 Å². The van der Waals surface area contributed by atoms with Gasteiger partial charge in [-0.05, 0) is 55.8 Å². The van der Waals surface area contributed by atoms with Gasteiger partial charge < -0.3 is 5.32 Å². The molecule has 8 heteroatoms. The van der Waals surface area contributed by atoms with E-state index < -0.39 is 0 Å². The van der Waals surface area contributed by atoms with Gasteiger partial charge in [0.25, 0.3) is 0 Å². The second kappa shape index (κ2) is 5.35. The van der Waals surface area contributed by atoms with E-state index in [0.29, 0.717) is 6.04 Å². The minimum atomic E-state index is 0.462. The van der Waals surface area contributed by atoms with Gasteiger partial charge in [-0.15, -0.1) is 5.10 Å². The van der Waals surface area contributed by atoms with Crippen molar-refractivity contribution in [1.29, 1.82) is 0 Å². The fraction of sp³-hybridized carbons (Fsp3) is 0.583. The lowest BCUT2D eigenvalue weighted by atomic mass is 10.3. The maximum atomic E-state index is 4.51. The molecule has 2 aromatic heterocycles. The Morgan fingerprint density at radius 3 is 2.80 bits per heavy atom. The predicted molar refractivity (Wildman–Crippen MR) is 75.9 cm³/mol. The topological polar surface area (TPSA) is 81.4 Å². The molecule has 1 fully saturated rings. The van der Waals surface area contributed by atoms with Crippen LogP contribution < -0.4 is 5.32 Å². The zero-order valence-electron chi connectivity index (χ0n) is 11.8. The fourth-order valence-corrected chi connectivity index (χ4v) is 2.89. The number of aryl methyl sites for hydroxylation is 1. The number of nitrogens with zero attached hydrogens (tertiary/aromatic N) is 6. The van der Waals surface area contributed by atoms with E-state index in [4.69, 9.17) is 0 Å². The summed E-state index contributed by atoms with van der Waals surface area (Å²) in [6.07, 6.45) is 2.31. The standard InChI is InChI=1S/C12H17N7S/c1-4-13-10-7(2)11(15-8(3)14-10)20-12-16-17-18-19(12)9-5-6-9/h9H,4-6H2,1-3H3,(H,13,14,15). The molecule has 0 aromatic carbocycles. The minimum Gasteiger partial charge on any atom is -0.370 e. The normalized spacial score (nSPS) is 14.6. The molecule has 1 N–H and O–H groups in total. The third-order valence-corrected chi connectivity index (χ3v) is 4.14. The van der Waals surface area contributed by atoms with Crippen LogP contribution in [0.25, 0.3) is 0 Å². The van der Waals surface area contributed by atoms with Gasteiger partial charge in [-0.2, -0.15) is 0 Å². The molecule has 7 nitrogen and oxygen atoms in total. The first kappa shape index (κ1) is 13.3. The minimum absolute atomic E-state index is 0.462.